The lowest BCUT2D eigenvalue weighted by Crippen LogP contribution is -1.90. The molecular weight excluding hydrogens is 302 g/mol. The summed E-state index contributed by atoms with van der Waals surface area (Å²) in [5.74, 6) is 0.634. The largest absolute Gasteiger partial charge is 0.298 e. The number of carbonyl (C=O) groups excluding carboxylic acids is 1. The number of pyridine rings is 1. The van der Waals surface area contributed by atoms with Crippen LogP contribution in [-0.2, 0) is 0 Å². The molecule has 0 aliphatic rings. The summed E-state index contributed by atoms with van der Waals surface area (Å²) in [6.45, 7) is 0. The van der Waals surface area contributed by atoms with Crippen LogP contribution < -0.4 is 0 Å². The molecule has 0 atom stereocenters. The molecule has 0 saturated carbocycles. The predicted molar refractivity (Wildman–Crippen MR) is 69.4 cm³/mol. The predicted octanol–water partition coefficient (Wildman–Crippen LogP) is 3.03. The standard InChI is InChI=1S/C11H6BrN3OS/c12-9-4-3-8(17-9)10-13-11-7(6-16)2-1-5-15(11)14-10/h1-6H. The molecule has 0 saturated heterocycles. The molecule has 84 valence electrons. The number of nitrogens with zero attached hydrogens (tertiary/aromatic N) is 3. The van der Waals surface area contributed by atoms with Gasteiger partial charge < -0.3 is 0 Å². The summed E-state index contributed by atoms with van der Waals surface area (Å²) in [7, 11) is 0. The van der Waals surface area contributed by atoms with Crippen LogP contribution in [0.25, 0.3) is 16.3 Å². The maximum absolute atomic E-state index is 10.9. The summed E-state index contributed by atoms with van der Waals surface area (Å²) in [6.07, 6.45) is 2.57. The molecular formula is C11H6BrN3OS. The van der Waals surface area contributed by atoms with E-state index in [2.05, 4.69) is 26.0 Å². The van der Waals surface area contributed by atoms with Crippen LogP contribution in [0.3, 0.4) is 0 Å². The third-order valence-electron chi connectivity index (χ3n) is 2.31. The summed E-state index contributed by atoms with van der Waals surface area (Å²) in [5, 5.41) is 4.34. The van der Waals surface area contributed by atoms with Crippen molar-refractivity contribution in [3.05, 3.63) is 39.8 Å². The molecule has 3 aromatic rings. The van der Waals surface area contributed by atoms with Crippen LogP contribution in [0, 0.1) is 0 Å². The lowest BCUT2D eigenvalue weighted by molar-refractivity contribution is 0.112. The molecule has 0 unspecified atom stereocenters. The second-order valence-corrected chi connectivity index (χ2v) is 5.85. The number of aromatic nitrogens is 3. The Morgan fingerprint density at radius 3 is 2.94 bits per heavy atom. The van der Waals surface area contributed by atoms with E-state index in [4.69, 9.17) is 0 Å². The van der Waals surface area contributed by atoms with Gasteiger partial charge in [0.25, 0.3) is 0 Å². The number of hydrogen-bond donors (Lipinski definition) is 0. The molecule has 3 aromatic heterocycles. The van der Waals surface area contributed by atoms with Crippen LogP contribution in [-0.4, -0.2) is 20.9 Å². The summed E-state index contributed by atoms with van der Waals surface area (Å²) in [4.78, 5) is 16.2. The first-order valence-corrected chi connectivity index (χ1v) is 6.45. The molecule has 0 N–H and O–H groups in total. The van der Waals surface area contributed by atoms with Gasteiger partial charge in [-0.25, -0.2) is 9.50 Å². The third kappa shape index (κ3) is 1.79. The van der Waals surface area contributed by atoms with Crippen LogP contribution in [0.15, 0.2) is 34.2 Å². The van der Waals surface area contributed by atoms with Crippen molar-refractivity contribution in [1.29, 1.82) is 0 Å². The van der Waals surface area contributed by atoms with Gasteiger partial charge in [-0.15, -0.1) is 16.4 Å². The Morgan fingerprint density at radius 1 is 1.35 bits per heavy atom. The second-order valence-electron chi connectivity index (χ2n) is 3.39. The molecule has 6 heteroatoms. The van der Waals surface area contributed by atoms with Gasteiger partial charge in [-0.3, -0.25) is 4.79 Å². The van der Waals surface area contributed by atoms with E-state index in [1.165, 1.54) is 0 Å². The average molecular weight is 308 g/mol. The first-order valence-electron chi connectivity index (χ1n) is 4.84. The Balaban J connectivity index is 2.23. The smallest absolute Gasteiger partial charge is 0.192 e. The highest BCUT2D eigenvalue weighted by Gasteiger charge is 2.10. The maximum Gasteiger partial charge on any atom is 0.192 e. The van der Waals surface area contributed by atoms with E-state index < -0.39 is 0 Å². The molecule has 3 rings (SSSR count). The lowest BCUT2D eigenvalue weighted by atomic mass is 10.3. The van der Waals surface area contributed by atoms with Crippen molar-refractivity contribution in [1.82, 2.24) is 14.6 Å². The molecule has 0 fully saturated rings. The molecule has 4 nitrogen and oxygen atoms in total. The Morgan fingerprint density at radius 2 is 2.24 bits per heavy atom. The zero-order chi connectivity index (χ0) is 11.8. The van der Waals surface area contributed by atoms with Gasteiger partial charge in [-0.05, 0) is 40.2 Å². The SMILES string of the molecule is O=Cc1cccn2nc(-c3ccc(Br)s3)nc12. The van der Waals surface area contributed by atoms with E-state index in [9.17, 15) is 4.79 Å². The monoisotopic (exact) mass is 307 g/mol. The van der Waals surface area contributed by atoms with Crippen molar-refractivity contribution in [2.75, 3.05) is 0 Å². The zero-order valence-corrected chi connectivity index (χ0v) is 10.9. The fraction of sp³-hybridized carbons (Fsp3) is 0. The van der Waals surface area contributed by atoms with Crippen LogP contribution in [0.4, 0.5) is 0 Å². The highest BCUT2D eigenvalue weighted by atomic mass is 79.9. The summed E-state index contributed by atoms with van der Waals surface area (Å²) in [6, 6.07) is 7.40. The Kier molecular flexibility index (Phi) is 2.53. The van der Waals surface area contributed by atoms with Gasteiger partial charge in [-0.1, -0.05) is 0 Å². The second kappa shape index (κ2) is 4.05. The first kappa shape index (κ1) is 10.6. The molecule has 0 aliphatic carbocycles. The molecule has 0 amide bonds. The number of aldehydes is 1. The fourth-order valence-corrected chi connectivity index (χ4v) is 2.87. The maximum atomic E-state index is 10.9. The number of fused-ring (bicyclic) bond motifs is 1. The number of hydrogen-bond acceptors (Lipinski definition) is 4. The van der Waals surface area contributed by atoms with Crippen molar-refractivity contribution in [3.8, 4) is 10.7 Å². The topological polar surface area (TPSA) is 47.3 Å². The molecule has 0 aromatic carbocycles. The van der Waals surface area contributed by atoms with Crippen molar-refractivity contribution in [3.63, 3.8) is 0 Å². The van der Waals surface area contributed by atoms with Gasteiger partial charge in [0.1, 0.15) is 0 Å². The number of halogens is 1. The van der Waals surface area contributed by atoms with E-state index in [-0.39, 0.29) is 0 Å². The molecule has 0 radical (unpaired) electrons. The minimum Gasteiger partial charge on any atom is -0.298 e. The average Bonchev–Trinajstić information content (AvgIpc) is 2.93. The fourth-order valence-electron chi connectivity index (χ4n) is 1.56. The van der Waals surface area contributed by atoms with Crippen LogP contribution in [0.5, 0.6) is 0 Å². The van der Waals surface area contributed by atoms with E-state index in [0.717, 1.165) is 14.9 Å². The Labute approximate surface area is 109 Å². The first-order chi connectivity index (χ1) is 8.28. The number of thiophene rings is 1. The lowest BCUT2D eigenvalue weighted by Gasteiger charge is -1.91. The molecule has 0 spiro atoms. The van der Waals surface area contributed by atoms with Gasteiger partial charge in [-0.2, -0.15) is 0 Å². The van der Waals surface area contributed by atoms with E-state index in [1.54, 1.807) is 34.2 Å². The Hall–Kier alpha value is -1.53. The molecule has 0 aliphatic heterocycles. The van der Waals surface area contributed by atoms with Gasteiger partial charge >= 0.3 is 0 Å². The number of carbonyl (C=O) groups is 1. The quantitative estimate of drug-likeness (QED) is 0.684. The summed E-state index contributed by atoms with van der Waals surface area (Å²) < 4.78 is 2.65. The normalized spacial score (nSPS) is 10.9. The van der Waals surface area contributed by atoms with Crippen molar-refractivity contribution < 1.29 is 4.79 Å². The van der Waals surface area contributed by atoms with Crippen LogP contribution in [0.1, 0.15) is 10.4 Å². The van der Waals surface area contributed by atoms with Crippen molar-refractivity contribution in [2.45, 2.75) is 0 Å². The molecule has 0 bridgehead atoms. The van der Waals surface area contributed by atoms with Gasteiger partial charge in [0.2, 0.25) is 0 Å². The van der Waals surface area contributed by atoms with Crippen molar-refractivity contribution >= 4 is 39.2 Å². The highest BCUT2D eigenvalue weighted by molar-refractivity contribution is 9.11. The van der Waals surface area contributed by atoms with Gasteiger partial charge in [0.15, 0.2) is 17.8 Å². The Bertz CT molecular complexity index is 704. The van der Waals surface area contributed by atoms with Crippen LogP contribution in [0.2, 0.25) is 0 Å². The summed E-state index contributed by atoms with van der Waals surface area (Å²) in [5.41, 5.74) is 1.13. The van der Waals surface area contributed by atoms with E-state index in [0.29, 0.717) is 17.0 Å². The molecule has 17 heavy (non-hydrogen) atoms. The van der Waals surface area contributed by atoms with E-state index >= 15 is 0 Å². The third-order valence-corrected chi connectivity index (χ3v) is 3.93. The summed E-state index contributed by atoms with van der Waals surface area (Å²) >= 11 is 4.96. The van der Waals surface area contributed by atoms with E-state index in [1.807, 2.05) is 12.1 Å². The van der Waals surface area contributed by atoms with Gasteiger partial charge in [0, 0.05) is 6.20 Å². The zero-order valence-electron chi connectivity index (χ0n) is 8.50. The van der Waals surface area contributed by atoms with Crippen LogP contribution >= 0.6 is 27.3 Å². The number of rotatable bonds is 2. The minimum atomic E-state index is 0.543. The molecule has 3 heterocycles. The van der Waals surface area contributed by atoms with Gasteiger partial charge in [0.05, 0.1) is 14.2 Å². The highest BCUT2D eigenvalue weighted by Crippen LogP contribution is 2.29. The minimum absolute atomic E-state index is 0.543. The van der Waals surface area contributed by atoms with Crippen molar-refractivity contribution in [2.24, 2.45) is 0 Å².